The molecule has 4 heteroatoms. The van der Waals surface area contributed by atoms with Gasteiger partial charge in [-0.15, -0.1) is 0 Å². The maximum Gasteiger partial charge on any atom is 0.0931 e. The van der Waals surface area contributed by atoms with E-state index in [1.807, 2.05) is 6.20 Å². The molecule has 0 bridgehead atoms. The van der Waals surface area contributed by atoms with Crippen molar-refractivity contribution in [2.45, 2.75) is 52.0 Å². The molecule has 2 N–H and O–H groups in total. The molecule has 0 spiro atoms. The van der Waals surface area contributed by atoms with Gasteiger partial charge in [-0.1, -0.05) is 38.2 Å². The van der Waals surface area contributed by atoms with Crippen LogP contribution in [0.5, 0.6) is 0 Å². The van der Waals surface area contributed by atoms with E-state index in [1.54, 1.807) is 6.33 Å². The number of hydrogen-bond acceptors (Lipinski definition) is 3. The smallest absolute Gasteiger partial charge is 0.0931 e. The minimum Gasteiger partial charge on any atom is -0.345 e. The summed E-state index contributed by atoms with van der Waals surface area (Å²) in [6.07, 6.45) is 12.2. The highest BCUT2D eigenvalue weighted by atomic mass is 14.9. The Morgan fingerprint density at radius 3 is 2.81 bits per heavy atom. The van der Waals surface area contributed by atoms with Crippen LogP contribution in [0.1, 0.15) is 49.8 Å². The van der Waals surface area contributed by atoms with Crippen LogP contribution in [0.3, 0.4) is 0 Å². The second-order valence-corrected chi connectivity index (χ2v) is 7.59. The van der Waals surface area contributed by atoms with E-state index in [2.05, 4.69) is 51.5 Å². The summed E-state index contributed by atoms with van der Waals surface area (Å²) < 4.78 is 0. The molecule has 1 aliphatic carbocycles. The van der Waals surface area contributed by atoms with Gasteiger partial charge >= 0.3 is 0 Å². The lowest BCUT2D eigenvalue weighted by Crippen LogP contribution is -2.19. The topological polar surface area (TPSA) is 53.6 Å². The molecule has 0 unspecified atom stereocenters. The maximum atomic E-state index is 4.66. The van der Waals surface area contributed by atoms with Crippen LogP contribution in [0.25, 0.3) is 22.2 Å². The number of aromatic amines is 1. The summed E-state index contributed by atoms with van der Waals surface area (Å²) in [5, 5.41) is 3.56. The molecule has 1 aliphatic rings. The molecule has 2 aromatic heterocycles. The van der Waals surface area contributed by atoms with E-state index in [4.69, 9.17) is 0 Å². The van der Waals surface area contributed by atoms with Gasteiger partial charge in [0.05, 0.1) is 23.1 Å². The number of benzene rings is 1. The highest BCUT2D eigenvalue weighted by molar-refractivity contribution is 5.83. The molecule has 26 heavy (non-hydrogen) atoms. The average molecular weight is 348 g/mol. The number of aryl methyl sites for hydroxylation is 1. The summed E-state index contributed by atoms with van der Waals surface area (Å²) in [6, 6.07) is 8.60. The Morgan fingerprint density at radius 1 is 1.12 bits per heavy atom. The van der Waals surface area contributed by atoms with Crippen LogP contribution in [0.2, 0.25) is 0 Å². The molecule has 0 atom stereocenters. The predicted molar refractivity (Wildman–Crippen MR) is 107 cm³/mol. The van der Waals surface area contributed by atoms with Crippen LogP contribution >= 0.6 is 0 Å². The van der Waals surface area contributed by atoms with Crippen molar-refractivity contribution >= 4 is 11.0 Å². The molecule has 0 amide bonds. The first-order chi connectivity index (χ1) is 12.8. The van der Waals surface area contributed by atoms with Gasteiger partial charge in [0.15, 0.2) is 0 Å². The SMILES string of the molecule is Cc1cc2[nH]cnc2cc1-c1ccc(CNCCC2CCCCC2)nc1. The number of imidazole rings is 1. The van der Waals surface area contributed by atoms with Crippen molar-refractivity contribution in [2.75, 3.05) is 6.54 Å². The zero-order valence-electron chi connectivity index (χ0n) is 15.6. The summed E-state index contributed by atoms with van der Waals surface area (Å²) in [5.74, 6) is 0.937. The van der Waals surface area contributed by atoms with E-state index < -0.39 is 0 Å². The lowest BCUT2D eigenvalue weighted by molar-refractivity contribution is 0.333. The van der Waals surface area contributed by atoms with Crippen LogP contribution in [0.15, 0.2) is 36.8 Å². The van der Waals surface area contributed by atoms with Crippen LogP contribution < -0.4 is 5.32 Å². The molecular formula is C22H28N4. The number of rotatable bonds is 6. The zero-order chi connectivity index (χ0) is 17.8. The lowest BCUT2D eigenvalue weighted by Gasteiger charge is -2.21. The molecule has 4 rings (SSSR count). The fourth-order valence-corrected chi connectivity index (χ4v) is 4.09. The Hall–Kier alpha value is -2.20. The van der Waals surface area contributed by atoms with Crippen LogP contribution in [0, 0.1) is 12.8 Å². The fourth-order valence-electron chi connectivity index (χ4n) is 4.09. The Bertz CT molecular complexity index is 844. The monoisotopic (exact) mass is 348 g/mol. The Kier molecular flexibility index (Phi) is 5.30. The quantitative estimate of drug-likeness (QED) is 0.617. The van der Waals surface area contributed by atoms with E-state index in [-0.39, 0.29) is 0 Å². The van der Waals surface area contributed by atoms with Crippen molar-refractivity contribution in [1.29, 1.82) is 0 Å². The highest BCUT2D eigenvalue weighted by Crippen LogP contribution is 2.27. The fraction of sp³-hybridized carbons (Fsp3) is 0.455. The zero-order valence-corrected chi connectivity index (χ0v) is 15.6. The standard InChI is InChI=1S/C22H28N4/c1-16-11-21-22(26-15-25-21)12-20(16)18-7-8-19(24-13-18)14-23-10-9-17-5-3-2-4-6-17/h7-8,11-13,15,17,23H,2-6,9-10,14H2,1H3,(H,25,26). The van der Waals surface area contributed by atoms with Gasteiger partial charge in [-0.05, 0) is 55.1 Å². The van der Waals surface area contributed by atoms with Gasteiger partial charge in [-0.3, -0.25) is 4.98 Å². The van der Waals surface area contributed by atoms with E-state index >= 15 is 0 Å². The van der Waals surface area contributed by atoms with Crippen LogP contribution in [-0.2, 0) is 6.54 Å². The number of H-pyrrole nitrogens is 1. The third-order valence-corrected chi connectivity index (χ3v) is 5.66. The van der Waals surface area contributed by atoms with Crippen LogP contribution in [0.4, 0.5) is 0 Å². The summed E-state index contributed by atoms with van der Waals surface area (Å²) in [4.78, 5) is 12.2. The number of aromatic nitrogens is 3. The van der Waals surface area contributed by atoms with Crippen molar-refractivity contribution < 1.29 is 0 Å². The Morgan fingerprint density at radius 2 is 2.00 bits per heavy atom. The molecule has 2 heterocycles. The van der Waals surface area contributed by atoms with Gasteiger partial charge in [0, 0.05) is 18.3 Å². The van der Waals surface area contributed by atoms with Gasteiger partial charge < -0.3 is 10.3 Å². The van der Waals surface area contributed by atoms with Crippen LogP contribution in [-0.4, -0.2) is 21.5 Å². The minimum atomic E-state index is 0.852. The van der Waals surface area contributed by atoms with Gasteiger partial charge in [0.25, 0.3) is 0 Å². The minimum absolute atomic E-state index is 0.852. The average Bonchev–Trinajstić information content (AvgIpc) is 3.13. The van der Waals surface area contributed by atoms with Crippen molar-refractivity contribution in [1.82, 2.24) is 20.3 Å². The summed E-state index contributed by atoms with van der Waals surface area (Å²) >= 11 is 0. The molecule has 3 aromatic rings. The van der Waals surface area contributed by atoms with E-state index in [9.17, 15) is 0 Å². The molecule has 0 saturated heterocycles. The van der Waals surface area contributed by atoms with Crippen molar-refractivity contribution in [3.05, 3.63) is 48.0 Å². The molecule has 1 aromatic carbocycles. The molecule has 1 fully saturated rings. The lowest BCUT2D eigenvalue weighted by atomic mass is 9.87. The number of nitrogens with zero attached hydrogens (tertiary/aromatic N) is 2. The molecule has 136 valence electrons. The Balaban J connectivity index is 1.34. The highest BCUT2D eigenvalue weighted by Gasteiger charge is 2.12. The normalized spacial score (nSPS) is 15.6. The van der Waals surface area contributed by atoms with E-state index in [0.29, 0.717) is 0 Å². The van der Waals surface area contributed by atoms with Gasteiger partial charge in [-0.2, -0.15) is 0 Å². The molecular weight excluding hydrogens is 320 g/mol. The van der Waals surface area contributed by atoms with E-state index in [1.165, 1.54) is 49.7 Å². The number of hydrogen-bond donors (Lipinski definition) is 2. The van der Waals surface area contributed by atoms with Gasteiger partial charge in [0.2, 0.25) is 0 Å². The Labute approximate surface area is 155 Å². The van der Waals surface area contributed by atoms with Crippen molar-refractivity contribution in [2.24, 2.45) is 5.92 Å². The first-order valence-electron chi connectivity index (χ1n) is 9.89. The number of pyridine rings is 1. The van der Waals surface area contributed by atoms with Gasteiger partial charge in [0.1, 0.15) is 0 Å². The summed E-state index contributed by atoms with van der Waals surface area (Å²) in [6.45, 7) is 4.09. The first-order valence-corrected chi connectivity index (χ1v) is 9.89. The number of nitrogens with one attached hydrogen (secondary N) is 2. The molecule has 1 saturated carbocycles. The van der Waals surface area contributed by atoms with Gasteiger partial charge in [-0.25, -0.2) is 4.98 Å². The third-order valence-electron chi connectivity index (χ3n) is 5.66. The largest absolute Gasteiger partial charge is 0.345 e. The number of fused-ring (bicyclic) bond motifs is 1. The molecule has 4 nitrogen and oxygen atoms in total. The van der Waals surface area contributed by atoms with Crippen molar-refractivity contribution in [3.63, 3.8) is 0 Å². The second kappa shape index (κ2) is 8.00. The first kappa shape index (κ1) is 17.2. The second-order valence-electron chi connectivity index (χ2n) is 7.59. The maximum absolute atomic E-state index is 4.66. The molecule has 0 aliphatic heterocycles. The van der Waals surface area contributed by atoms with Crippen molar-refractivity contribution in [3.8, 4) is 11.1 Å². The summed E-state index contributed by atoms with van der Waals surface area (Å²) in [5.41, 5.74) is 6.78. The van der Waals surface area contributed by atoms with E-state index in [0.717, 1.165) is 41.3 Å². The molecule has 0 radical (unpaired) electrons. The third kappa shape index (κ3) is 3.96. The predicted octanol–water partition coefficient (Wildman–Crippen LogP) is 4.99. The summed E-state index contributed by atoms with van der Waals surface area (Å²) in [7, 11) is 0.